The fourth-order valence-corrected chi connectivity index (χ4v) is 5.23. The standard InChI is InChI=1S/C20H27N5O/c21-15-6-7-18-16(10-15)22-19-12-24(20(26)13-25(18)19)11-14-4-3-9-23-8-2-1-5-17(14)23/h6-7,10,14,17H,1-5,8-9,11-13,21H2. The molecule has 0 radical (unpaired) electrons. The van der Waals surface area contributed by atoms with Crippen LogP contribution in [0, 0.1) is 5.92 Å². The molecule has 0 aliphatic carbocycles. The van der Waals surface area contributed by atoms with Crippen LogP contribution in [0.25, 0.3) is 11.0 Å². The highest BCUT2D eigenvalue weighted by atomic mass is 16.2. The lowest BCUT2D eigenvalue weighted by atomic mass is 9.83. The maximum atomic E-state index is 12.8. The molecule has 6 nitrogen and oxygen atoms in total. The number of rotatable bonds is 2. The number of nitrogen functional groups attached to an aromatic ring is 1. The molecule has 2 aromatic rings. The Balaban J connectivity index is 1.37. The Labute approximate surface area is 153 Å². The van der Waals surface area contributed by atoms with Gasteiger partial charge in [-0.25, -0.2) is 4.98 Å². The van der Waals surface area contributed by atoms with Gasteiger partial charge >= 0.3 is 0 Å². The maximum absolute atomic E-state index is 12.8. The lowest BCUT2D eigenvalue weighted by molar-refractivity contribution is -0.135. The molecule has 0 bridgehead atoms. The predicted octanol–water partition coefficient (Wildman–Crippen LogP) is 2.23. The number of nitrogens with zero attached hydrogens (tertiary/aromatic N) is 4. The van der Waals surface area contributed by atoms with Crippen molar-refractivity contribution < 1.29 is 4.79 Å². The monoisotopic (exact) mass is 353 g/mol. The first-order valence-electron chi connectivity index (χ1n) is 9.95. The van der Waals surface area contributed by atoms with Crippen LogP contribution < -0.4 is 5.73 Å². The zero-order valence-corrected chi connectivity index (χ0v) is 15.2. The fraction of sp³-hybridized carbons (Fsp3) is 0.600. The third kappa shape index (κ3) is 2.67. The van der Waals surface area contributed by atoms with E-state index in [9.17, 15) is 4.79 Å². The summed E-state index contributed by atoms with van der Waals surface area (Å²) in [5, 5.41) is 0. The molecule has 0 saturated carbocycles. The number of carbonyl (C=O) groups is 1. The van der Waals surface area contributed by atoms with Crippen LogP contribution in [0.2, 0.25) is 0 Å². The first kappa shape index (κ1) is 16.1. The summed E-state index contributed by atoms with van der Waals surface area (Å²) in [6.45, 7) is 4.39. The summed E-state index contributed by atoms with van der Waals surface area (Å²) < 4.78 is 2.06. The van der Waals surface area contributed by atoms with Crippen molar-refractivity contribution >= 4 is 22.6 Å². The van der Waals surface area contributed by atoms with E-state index in [0.29, 0.717) is 25.0 Å². The van der Waals surface area contributed by atoms with Crippen LogP contribution >= 0.6 is 0 Å². The Bertz CT molecular complexity index is 842. The van der Waals surface area contributed by atoms with Crippen molar-refractivity contribution in [3.8, 4) is 0 Å². The Morgan fingerprint density at radius 1 is 1.12 bits per heavy atom. The van der Waals surface area contributed by atoms with Gasteiger partial charge in [0, 0.05) is 18.3 Å². The highest BCUT2D eigenvalue weighted by Gasteiger charge is 2.36. The van der Waals surface area contributed by atoms with Gasteiger partial charge in [0.1, 0.15) is 12.4 Å². The summed E-state index contributed by atoms with van der Waals surface area (Å²) in [5.74, 6) is 1.82. The molecule has 5 rings (SSSR count). The molecule has 1 aromatic heterocycles. The van der Waals surface area contributed by atoms with E-state index in [1.54, 1.807) is 0 Å². The summed E-state index contributed by atoms with van der Waals surface area (Å²) in [5.41, 5.74) is 8.52. The number of nitrogens with two attached hydrogens (primary N) is 1. The number of anilines is 1. The van der Waals surface area contributed by atoms with E-state index >= 15 is 0 Å². The van der Waals surface area contributed by atoms with E-state index in [2.05, 4.69) is 9.47 Å². The topological polar surface area (TPSA) is 67.4 Å². The summed E-state index contributed by atoms with van der Waals surface area (Å²) >= 11 is 0. The summed E-state index contributed by atoms with van der Waals surface area (Å²) in [4.78, 5) is 22.3. The molecule has 2 unspecified atom stereocenters. The second kappa shape index (κ2) is 6.27. The van der Waals surface area contributed by atoms with Crippen LogP contribution in [0.1, 0.15) is 37.9 Å². The van der Waals surface area contributed by atoms with Crippen molar-refractivity contribution in [2.45, 2.75) is 51.2 Å². The summed E-state index contributed by atoms with van der Waals surface area (Å²) in [6, 6.07) is 6.43. The first-order chi connectivity index (χ1) is 12.7. The minimum atomic E-state index is 0.224. The molecule has 0 spiro atoms. The van der Waals surface area contributed by atoms with Gasteiger partial charge in [0.25, 0.3) is 0 Å². The van der Waals surface area contributed by atoms with Crippen LogP contribution in [-0.2, 0) is 17.9 Å². The highest BCUT2D eigenvalue weighted by molar-refractivity contribution is 5.84. The lowest BCUT2D eigenvalue weighted by Gasteiger charge is -2.46. The Kier molecular flexibility index (Phi) is 3.89. The third-order valence-corrected chi connectivity index (χ3v) is 6.51. The van der Waals surface area contributed by atoms with Crippen LogP contribution in [0.15, 0.2) is 18.2 Å². The molecular weight excluding hydrogens is 326 g/mol. The van der Waals surface area contributed by atoms with Gasteiger partial charge in [0.2, 0.25) is 5.91 Å². The molecule has 3 aliphatic heterocycles. The molecule has 4 heterocycles. The molecule has 138 valence electrons. The molecule has 2 fully saturated rings. The highest BCUT2D eigenvalue weighted by Crippen LogP contribution is 2.32. The quantitative estimate of drug-likeness (QED) is 0.841. The number of piperidine rings is 2. The lowest BCUT2D eigenvalue weighted by Crippen LogP contribution is -2.52. The van der Waals surface area contributed by atoms with E-state index in [1.165, 1.54) is 45.2 Å². The molecule has 1 amide bonds. The number of fused-ring (bicyclic) bond motifs is 4. The van der Waals surface area contributed by atoms with Gasteiger partial charge in [-0.2, -0.15) is 0 Å². The molecule has 2 N–H and O–H groups in total. The maximum Gasteiger partial charge on any atom is 0.242 e. The molecule has 2 saturated heterocycles. The smallest absolute Gasteiger partial charge is 0.242 e. The van der Waals surface area contributed by atoms with E-state index in [4.69, 9.17) is 10.7 Å². The summed E-state index contributed by atoms with van der Waals surface area (Å²) in [6.07, 6.45) is 6.48. The van der Waals surface area contributed by atoms with E-state index in [0.717, 1.165) is 29.1 Å². The molecule has 1 aromatic carbocycles. The molecule has 3 aliphatic rings. The van der Waals surface area contributed by atoms with Gasteiger partial charge in [-0.3, -0.25) is 4.79 Å². The van der Waals surface area contributed by atoms with Gasteiger partial charge in [-0.15, -0.1) is 0 Å². The molecule has 2 atom stereocenters. The fourth-order valence-electron chi connectivity index (χ4n) is 5.23. The second-order valence-electron chi connectivity index (χ2n) is 8.14. The van der Waals surface area contributed by atoms with Crippen molar-refractivity contribution in [2.24, 2.45) is 5.92 Å². The zero-order chi connectivity index (χ0) is 17.7. The van der Waals surface area contributed by atoms with Gasteiger partial charge < -0.3 is 20.1 Å². The van der Waals surface area contributed by atoms with Crippen molar-refractivity contribution in [3.63, 3.8) is 0 Å². The average Bonchev–Trinajstić information content (AvgIpc) is 2.98. The number of amides is 1. The van der Waals surface area contributed by atoms with Gasteiger partial charge in [0.15, 0.2) is 0 Å². The Hall–Kier alpha value is -2.08. The predicted molar refractivity (Wildman–Crippen MR) is 101 cm³/mol. The number of hydrogen-bond donors (Lipinski definition) is 1. The van der Waals surface area contributed by atoms with Crippen LogP contribution in [-0.4, -0.2) is 50.9 Å². The largest absolute Gasteiger partial charge is 0.399 e. The zero-order valence-electron chi connectivity index (χ0n) is 15.2. The number of imidazole rings is 1. The first-order valence-corrected chi connectivity index (χ1v) is 9.95. The van der Waals surface area contributed by atoms with Gasteiger partial charge in [0.05, 0.1) is 17.6 Å². The second-order valence-corrected chi connectivity index (χ2v) is 8.14. The Morgan fingerprint density at radius 2 is 2.00 bits per heavy atom. The van der Waals surface area contributed by atoms with Crippen molar-refractivity contribution in [1.82, 2.24) is 19.4 Å². The molecular formula is C20H27N5O. The van der Waals surface area contributed by atoms with Crippen molar-refractivity contribution in [2.75, 3.05) is 25.4 Å². The number of hydrogen-bond acceptors (Lipinski definition) is 4. The third-order valence-electron chi connectivity index (χ3n) is 6.51. The van der Waals surface area contributed by atoms with Crippen LogP contribution in [0.3, 0.4) is 0 Å². The average molecular weight is 353 g/mol. The van der Waals surface area contributed by atoms with Crippen molar-refractivity contribution in [3.05, 3.63) is 24.0 Å². The number of aromatic nitrogens is 2. The number of benzene rings is 1. The van der Waals surface area contributed by atoms with Gasteiger partial charge in [-0.05, 0) is 62.9 Å². The van der Waals surface area contributed by atoms with Gasteiger partial charge in [-0.1, -0.05) is 6.42 Å². The van der Waals surface area contributed by atoms with E-state index in [1.807, 2.05) is 23.1 Å². The SMILES string of the molecule is Nc1ccc2c(c1)nc1n2CC(=O)N(CC2CCCN3CCCCC23)C1. The minimum absolute atomic E-state index is 0.224. The van der Waals surface area contributed by atoms with E-state index < -0.39 is 0 Å². The van der Waals surface area contributed by atoms with E-state index in [-0.39, 0.29) is 5.91 Å². The molecule has 6 heteroatoms. The minimum Gasteiger partial charge on any atom is -0.399 e. The van der Waals surface area contributed by atoms with Crippen LogP contribution in [0.5, 0.6) is 0 Å². The molecule has 26 heavy (non-hydrogen) atoms. The van der Waals surface area contributed by atoms with Crippen molar-refractivity contribution in [1.29, 1.82) is 0 Å². The Morgan fingerprint density at radius 3 is 2.92 bits per heavy atom. The van der Waals surface area contributed by atoms with Crippen LogP contribution in [0.4, 0.5) is 5.69 Å². The summed E-state index contributed by atoms with van der Waals surface area (Å²) in [7, 11) is 0. The normalized spacial score (nSPS) is 26.8. The number of carbonyl (C=O) groups excluding carboxylic acids is 1.